The number of carbonyl (C=O) groups excluding carboxylic acids is 2. The van der Waals surface area contributed by atoms with Gasteiger partial charge in [-0.05, 0) is 25.7 Å². The van der Waals surface area contributed by atoms with Gasteiger partial charge in [-0.15, -0.1) is 0 Å². The molecule has 0 spiro atoms. The third kappa shape index (κ3) is 46.2. The first-order chi connectivity index (χ1) is 29.0. The predicted molar refractivity (Wildman–Crippen MR) is 255 cm³/mol. The second-order valence-corrected chi connectivity index (χ2v) is 18.6. The molecule has 0 aliphatic carbocycles. The van der Waals surface area contributed by atoms with Crippen LogP contribution in [0.3, 0.4) is 0 Å². The van der Waals surface area contributed by atoms with Gasteiger partial charge in [-0.25, -0.2) is 0 Å². The van der Waals surface area contributed by atoms with E-state index in [1.165, 1.54) is 231 Å². The van der Waals surface area contributed by atoms with E-state index in [1.807, 2.05) is 0 Å². The first-order valence-corrected chi connectivity index (χ1v) is 26.8. The first-order valence-electron chi connectivity index (χ1n) is 26.8. The summed E-state index contributed by atoms with van der Waals surface area (Å²) in [4.78, 5) is 24.5. The van der Waals surface area contributed by atoms with Crippen LogP contribution < -0.4 is 5.32 Å². The van der Waals surface area contributed by atoms with Crippen molar-refractivity contribution in [3.8, 4) is 0 Å². The number of ether oxygens (including phenoxy) is 1. The van der Waals surface area contributed by atoms with E-state index in [4.69, 9.17) is 4.74 Å². The van der Waals surface area contributed by atoms with E-state index in [2.05, 4.69) is 19.2 Å². The zero-order valence-electron chi connectivity index (χ0n) is 40.0. The Morgan fingerprint density at radius 3 is 1.03 bits per heavy atom. The van der Waals surface area contributed by atoms with Crippen molar-refractivity contribution in [1.82, 2.24) is 5.32 Å². The molecule has 2 atom stereocenters. The molecular weight excluding hydrogens is 731 g/mol. The van der Waals surface area contributed by atoms with Gasteiger partial charge in [0.1, 0.15) is 0 Å². The number of hydrogen-bond acceptors (Lipinski definition) is 5. The second-order valence-electron chi connectivity index (χ2n) is 18.6. The minimum atomic E-state index is -0.665. The summed E-state index contributed by atoms with van der Waals surface area (Å²) in [6.45, 7) is 4.94. The van der Waals surface area contributed by atoms with E-state index in [0.29, 0.717) is 25.9 Å². The van der Waals surface area contributed by atoms with Crippen molar-refractivity contribution < 1.29 is 24.5 Å². The molecule has 2 unspecified atom stereocenters. The molecule has 0 saturated carbocycles. The van der Waals surface area contributed by atoms with Gasteiger partial charge in [-0.3, -0.25) is 9.59 Å². The van der Waals surface area contributed by atoms with Crippen LogP contribution in [-0.4, -0.2) is 47.4 Å². The van der Waals surface area contributed by atoms with Crippen LogP contribution in [0.2, 0.25) is 0 Å². The van der Waals surface area contributed by atoms with Gasteiger partial charge in [-0.1, -0.05) is 264 Å². The largest absolute Gasteiger partial charge is 0.466 e. The van der Waals surface area contributed by atoms with Crippen molar-refractivity contribution >= 4 is 11.9 Å². The molecule has 0 aliphatic rings. The molecule has 6 heteroatoms. The van der Waals surface area contributed by atoms with Crippen LogP contribution in [0.1, 0.15) is 303 Å². The monoisotopic (exact) mass is 836 g/mol. The van der Waals surface area contributed by atoms with Crippen LogP contribution in [-0.2, 0) is 14.3 Å². The molecule has 352 valence electrons. The molecule has 6 nitrogen and oxygen atoms in total. The van der Waals surface area contributed by atoms with Gasteiger partial charge < -0.3 is 20.3 Å². The second kappa shape index (κ2) is 49.5. The normalized spacial score (nSPS) is 12.5. The van der Waals surface area contributed by atoms with Gasteiger partial charge in [0.05, 0.1) is 25.4 Å². The number of aliphatic hydroxyl groups is 2. The van der Waals surface area contributed by atoms with Crippen molar-refractivity contribution in [2.75, 3.05) is 13.2 Å². The quantitative estimate of drug-likeness (QED) is 0.0419. The number of aliphatic hydroxyl groups excluding tert-OH is 2. The van der Waals surface area contributed by atoms with E-state index >= 15 is 0 Å². The lowest BCUT2D eigenvalue weighted by Crippen LogP contribution is -2.45. The summed E-state index contributed by atoms with van der Waals surface area (Å²) in [7, 11) is 0. The van der Waals surface area contributed by atoms with E-state index < -0.39 is 12.1 Å². The molecule has 0 fully saturated rings. The number of amides is 1. The Morgan fingerprint density at radius 2 is 0.695 bits per heavy atom. The van der Waals surface area contributed by atoms with Gasteiger partial charge >= 0.3 is 5.97 Å². The third-order valence-electron chi connectivity index (χ3n) is 12.7. The van der Waals surface area contributed by atoms with Gasteiger partial charge in [0.2, 0.25) is 5.91 Å². The maximum atomic E-state index is 12.4. The molecule has 0 aromatic carbocycles. The van der Waals surface area contributed by atoms with Crippen molar-refractivity contribution in [2.24, 2.45) is 0 Å². The minimum absolute atomic E-state index is 0.00699. The van der Waals surface area contributed by atoms with Crippen molar-refractivity contribution in [2.45, 2.75) is 315 Å². The topological polar surface area (TPSA) is 95.9 Å². The summed E-state index contributed by atoms with van der Waals surface area (Å²) < 4.78 is 5.48. The van der Waals surface area contributed by atoms with Crippen LogP contribution in [0.25, 0.3) is 0 Å². The predicted octanol–water partition coefficient (Wildman–Crippen LogP) is 16.0. The lowest BCUT2D eigenvalue weighted by molar-refractivity contribution is -0.143. The molecule has 0 saturated heterocycles. The number of esters is 1. The Kier molecular flexibility index (Phi) is 48.6. The zero-order valence-corrected chi connectivity index (χ0v) is 40.0. The van der Waals surface area contributed by atoms with E-state index in [1.54, 1.807) is 0 Å². The smallest absolute Gasteiger partial charge is 0.305 e. The number of nitrogens with one attached hydrogen (secondary N) is 1. The maximum Gasteiger partial charge on any atom is 0.305 e. The molecule has 59 heavy (non-hydrogen) atoms. The van der Waals surface area contributed by atoms with E-state index in [9.17, 15) is 19.8 Å². The highest BCUT2D eigenvalue weighted by Gasteiger charge is 2.20. The van der Waals surface area contributed by atoms with Crippen LogP contribution in [0.4, 0.5) is 0 Å². The van der Waals surface area contributed by atoms with Gasteiger partial charge in [-0.2, -0.15) is 0 Å². The summed E-state index contributed by atoms with van der Waals surface area (Å²) >= 11 is 0. The Bertz CT molecular complexity index is 837. The molecule has 3 N–H and O–H groups in total. The van der Waals surface area contributed by atoms with Gasteiger partial charge in [0.25, 0.3) is 0 Å². The Hall–Kier alpha value is -1.14. The molecule has 0 rings (SSSR count). The van der Waals surface area contributed by atoms with E-state index in [0.717, 1.165) is 38.5 Å². The molecule has 0 heterocycles. The lowest BCUT2D eigenvalue weighted by atomic mass is 10.0. The summed E-state index contributed by atoms with van der Waals surface area (Å²) in [5.74, 6) is -0.0350. The fraction of sp³-hybridized carbons (Fsp3) is 0.962. The average molecular weight is 836 g/mol. The summed E-state index contributed by atoms with van der Waals surface area (Å²) in [6, 6.07) is -0.543. The number of carbonyl (C=O) groups is 2. The highest BCUT2D eigenvalue weighted by Crippen LogP contribution is 2.17. The van der Waals surface area contributed by atoms with Crippen LogP contribution in [0, 0.1) is 0 Å². The molecule has 0 aliphatic heterocycles. The molecular formula is C53H105NO5. The summed E-state index contributed by atoms with van der Waals surface area (Å²) in [5, 5.41) is 23.1. The van der Waals surface area contributed by atoms with Crippen molar-refractivity contribution in [3.63, 3.8) is 0 Å². The molecule has 0 bridgehead atoms. The lowest BCUT2D eigenvalue weighted by Gasteiger charge is -2.22. The molecule has 0 aromatic rings. The zero-order chi connectivity index (χ0) is 43.0. The number of hydrogen-bond donors (Lipinski definition) is 3. The standard InChI is InChI=1S/C53H105NO5/c1-3-5-7-9-11-13-15-16-17-21-24-27-31-35-39-43-47-53(58)59-48-44-40-36-32-28-25-22-19-18-20-23-26-30-34-38-42-46-52(57)54-50(49-55)51(56)45-41-37-33-29-14-12-10-8-6-4-2/h50-51,55-56H,3-49H2,1-2H3,(H,54,57). The van der Waals surface area contributed by atoms with Gasteiger partial charge in [0.15, 0.2) is 0 Å². The Morgan fingerprint density at radius 1 is 0.407 bits per heavy atom. The van der Waals surface area contributed by atoms with Gasteiger partial charge in [0, 0.05) is 12.8 Å². The van der Waals surface area contributed by atoms with Crippen LogP contribution >= 0.6 is 0 Å². The SMILES string of the molecule is CCCCCCCCCCCCCCCCCCC(=O)OCCCCCCCCCCCCCCCCCCC(=O)NC(CO)C(O)CCCCCCCCCCCC. The summed E-state index contributed by atoms with van der Waals surface area (Å²) in [5.41, 5.74) is 0. The molecule has 0 radical (unpaired) electrons. The molecule has 1 amide bonds. The van der Waals surface area contributed by atoms with Crippen molar-refractivity contribution in [3.05, 3.63) is 0 Å². The summed E-state index contributed by atoms with van der Waals surface area (Å²) in [6.07, 6.45) is 55.1. The number of unbranched alkanes of at least 4 members (excludes halogenated alkanes) is 39. The third-order valence-corrected chi connectivity index (χ3v) is 12.7. The maximum absolute atomic E-state index is 12.4. The fourth-order valence-corrected chi connectivity index (χ4v) is 8.52. The van der Waals surface area contributed by atoms with E-state index in [-0.39, 0.29) is 18.5 Å². The van der Waals surface area contributed by atoms with Crippen molar-refractivity contribution in [1.29, 1.82) is 0 Å². The first kappa shape index (κ1) is 57.9. The average Bonchev–Trinajstić information content (AvgIpc) is 3.24. The number of rotatable bonds is 50. The highest BCUT2D eigenvalue weighted by molar-refractivity contribution is 5.76. The van der Waals surface area contributed by atoms with Crippen LogP contribution in [0.5, 0.6) is 0 Å². The minimum Gasteiger partial charge on any atom is -0.466 e. The van der Waals surface area contributed by atoms with Crippen LogP contribution in [0.15, 0.2) is 0 Å². The molecule has 0 aromatic heterocycles. The Labute approximate surface area is 368 Å². The fourth-order valence-electron chi connectivity index (χ4n) is 8.52. The Balaban J connectivity index is 3.37. The highest BCUT2D eigenvalue weighted by atomic mass is 16.5.